The molecule has 0 saturated heterocycles. The molecule has 2 heterocycles. The summed E-state index contributed by atoms with van der Waals surface area (Å²) in [5.41, 5.74) is 8.22. The van der Waals surface area contributed by atoms with Gasteiger partial charge in [-0.25, -0.2) is 4.98 Å². The van der Waals surface area contributed by atoms with E-state index in [0.717, 1.165) is 31.1 Å². The molecule has 5 heteroatoms. The van der Waals surface area contributed by atoms with E-state index in [9.17, 15) is 0 Å². The van der Waals surface area contributed by atoms with Crippen LogP contribution in [0, 0.1) is 11.3 Å². The van der Waals surface area contributed by atoms with Crippen molar-refractivity contribution in [1.29, 1.82) is 5.26 Å². The van der Waals surface area contributed by atoms with Gasteiger partial charge in [0.2, 0.25) is 0 Å². The van der Waals surface area contributed by atoms with Crippen LogP contribution in [0.5, 0.6) is 0 Å². The first kappa shape index (κ1) is 10.7. The minimum absolute atomic E-state index is 0.592. The summed E-state index contributed by atoms with van der Waals surface area (Å²) in [6, 6.07) is 7.52. The molecule has 0 spiro atoms. The zero-order valence-electron chi connectivity index (χ0n) is 9.87. The molecule has 1 aliphatic heterocycles. The van der Waals surface area contributed by atoms with Crippen molar-refractivity contribution < 1.29 is 0 Å². The Hall–Kier alpha value is -2.48. The number of hydrogen-bond acceptors (Lipinski definition) is 4. The van der Waals surface area contributed by atoms with Gasteiger partial charge in [-0.05, 0) is 18.2 Å². The van der Waals surface area contributed by atoms with Gasteiger partial charge < -0.3 is 15.2 Å². The highest BCUT2D eigenvalue weighted by Gasteiger charge is 2.18. The van der Waals surface area contributed by atoms with E-state index in [1.807, 2.05) is 18.5 Å². The van der Waals surface area contributed by atoms with Gasteiger partial charge in [0.25, 0.3) is 0 Å². The third-order valence-corrected chi connectivity index (χ3v) is 3.24. The van der Waals surface area contributed by atoms with E-state index >= 15 is 0 Å². The van der Waals surface area contributed by atoms with Crippen molar-refractivity contribution >= 4 is 11.4 Å². The number of aromatic nitrogens is 2. The molecule has 0 fully saturated rings. The fraction of sp³-hybridized carbons (Fsp3) is 0.231. The van der Waals surface area contributed by atoms with Crippen molar-refractivity contribution in [2.24, 2.45) is 0 Å². The van der Waals surface area contributed by atoms with Crippen LogP contribution in [-0.4, -0.2) is 16.1 Å². The summed E-state index contributed by atoms with van der Waals surface area (Å²) in [6.07, 6.45) is 3.82. The molecule has 90 valence electrons. The average Bonchev–Trinajstić information content (AvgIpc) is 2.85. The molecule has 0 atom stereocenters. The van der Waals surface area contributed by atoms with Gasteiger partial charge in [0.1, 0.15) is 5.82 Å². The predicted octanol–water partition coefficient (Wildman–Crippen LogP) is 1.36. The maximum absolute atomic E-state index is 8.83. The first-order valence-corrected chi connectivity index (χ1v) is 5.82. The molecular weight excluding hydrogens is 226 g/mol. The number of nitriles is 1. The summed E-state index contributed by atoms with van der Waals surface area (Å²) in [7, 11) is 0. The van der Waals surface area contributed by atoms with Crippen molar-refractivity contribution in [3.8, 4) is 6.07 Å². The Kier molecular flexibility index (Phi) is 2.41. The number of nitrogen functional groups attached to an aromatic ring is 1. The number of nitrogens with two attached hydrogens (primary N) is 1. The molecule has 1 aliphatic rings. The predicted molar refractivity (Wildman–Crippen MR) is 68.8 cm³/mol. The molecule has 1 aromatic carbocycles. The van der Waals surface area contributed by atoms with Gasteiger partial charge in [-0.1, -0.05) is 0 Å². The summed E-state index contributed by atoms with van der Waals surface area (Å²) < 4.78 is 2.15. The van der Waals surface area contributed by atoms with Crippen LogP contribution >= 0.6 is 0 Å². The first-order chi connectivity index (χ1) is 8.78. The van der Waals surface area contributed by atoms with Crippen LogP contribution in [-0.2, 0) is 13.1 Å². The van der Waals surface area contributed by atoms with Crippen LogP contribution in [0.4, 0.5) is 11.4 Å². The summed E-state index contributed by atoms with van der Waals surface area (Å²) in [5.74, 6) is 1.05. The molecule has 2 aromatic rings. The minimum Gasteiger partial charge on any atom is -0.397 e. The molecule has 5 nitrogen and oxygen atoms in total. The standard InChI is InChI=1S/C13H13N5/c14-8-10-1-2-12(11(15)7-10)18-6-5-17-4-3-16-13(17)9-18/h1-4,7H,5-6,9,15H2. The van der Waals surface area contributed by atoms with Gasteiger partial charge in [0, 0.05) is 25.5 Å². The quantitative estimate of drug-likeness (QED) is 0.763. The van der Waals surface area contributed by atoms with Crippen LogP contribution in [0.15, 0.2) is 30.6 Å². The highest BCUT2D eigenvalue weighted by atomic mass is 15.2. The van der Waals surface area contributed by atoms with Crippen LogP contribution in [0.1, 0.15) is 11.4 Å². The van der Waals surface area contributed by atoms with Crippen LogP contribution in [0.2, 0.25) is 0 Å². The summed E-state index contributed by atoms with van der Waals surface area (Å²) in [6.45, 7) is 2.57. The van der Waals surface area contributed by atoms with Crippen molar-refractivity contribution in [1.82, 2.24) is 9.55 Å². The normalized spacial score (nSPS) is 14.1. The SMILES string of the molecule is N#Cc1ccc(N2CCn3ccnc3C2)c(N)c1. The molecule has 18 heavy (non-hydrogen) atoms. The Balaban J connectivity index is 1.91. The second kappa shape index (κ2) is 4.08. The van der Waals surface area contributed by atoms with E-state index in [-0.39, 0.29) is 0 Å². The smallest absolute Gasteiger partial charge is 0.128 e. The Morgan fingerprint density at radius 3 is 3.00 bits per heavy atom. The van der Waals surface area contributed by atoms with E-state index in [0.29, 0.717) is 11.3 Å². The highest BCUT2D eigenvalue weighted by molar-refractivity contribution is 5.69. The lowest BCUT2D eigenvalue weighted by Crippen LogP contribution is -2.34. The fourth-order valence-corrected chi connectivity index (χ4v) is 2.29. The topological polar surface area (TPSA) is 70.9 Å². The molecule has 0 bridgehead atoms. The van der Waals surface area contributed by atoms with Crippen molar-refractivity contribution in [2.45, 2.75) is 13.1 Å². The zero-order valence-corrected chi connectivity index (χ0v) is 9.87. The van der Waals surface area contributed by atoms with E-state index in [4.69, 9.17) is 11.0 Å². The van der Waals surface area contributed by atoms with Gasteiger partial charge in [-0.15, -0.1) is 0 Å². The number of rotatable bonds is 1. The first-order valence-electron chi connectivity index (χ1n) is 5.82. The average molecular weight is 239 g/mol. The number of nitrogens with zero attached hydrogens (tertiary/aromatic N) is 4. The van der Waals surface area contributed by atoms with Crippen LogP contribution < -0.4 is 10.6 Å². The van der Waals surface area contributed by atoms with Crippen molar-refractivity contribution in [2.75, 3.05) is 17.2 Å². The molecule has 0 unspecified atom stereocenters. The summed E-state index contributed by atoms with van der Waals surface area (Å²) in [4.78, 5) is 6.52. The Morgan fingerprint density at radius 1 is 1.33 bits per heavy atom. The lowest BCUT2D eigenvalue weighted by atomic mass is 10.1. The van der Waals surface area contributed by atoms with E-state index in [1.165, 1.54) is 0 Å². The number of anilines is 2. The number of imidazole rings is 1. The number of hydrogen-bond donors (Lipinski definition) is 1. The van der Waals surface area contributed by atoms with Gasteiger partial charge in [-0.3, -0.25) is 0 Å². The molecule has 0 saturated carbocycles. The fourth-order valence-electron chi connectivity index (χ4n) is 2.29. The van der Waals surface area contributed by atoms with E-state index in [1.54, 1.807) is 12.1 Å². The largest absolute Gasteiger partial charge is 0.397 e. The van der Waals surface area contributed by atoms with Crippen LogP contribution in [0.25, 0.3) is 0 Å². The summed E-state index contributed by atoms with van der Waals surface area (Å²) in [5, 5.41) is 8.83. The highest BCUT2D eigenvalue weighted by Crippen LogP contribution is 2.27. The molecule has 0 amide bonds. The zero-order chi connectivity index (χ0) is 12.5. The van der Waals surface area contributed by atoms with Gasteiger partial charge in [-0.2, -0.15) is 5.26 Å². The molecule has 0 radical (unpaired) electrons. The second-order valence-corrected chi connectivity index (χ2v) is 4.34. The summed E-state index contributed by atoms with van der Waals surface area (Å²) >= 11 is 0. The molecule has 1 aromatic heterocycles. The maximum atomic E-state index is 8.83. The third-order valence-electron chi connectivity index (χ3n) is 3.24. The lowest BCUT2D eigenvalue weighted by Gasteiger charge is -2.30. The van der Waals surface area contributed by atoms with Gasteiger partial charge in [0.05, 0.1) is 29.6 Å². The second-order valence-electron chi connectivity index (χ2n) is 4.34. The van der Waals surface area contributed by atoms with Crippen LogP contribution in [0.3, 0.4) is 0 Å². The molecular formula is C13H13N5. The Morgan fingerprint density at radius 2 is 2.22 bits per heavy atom. The Bertz CT molecular complexity index is 623. The molecule has 2 N–H and O–H groups in total. The van der Waals surface area contributed by atoms with Crippen molar-refractivity contribution in [3.05, 3.63) is 42.0 Å². The molecule has 0 aliphatic carbocycles. The van der Waals surface area contributed by atoms with Gasteiger partial charge in [0.15, 0.2) is 0 Å². The lowest BCUT2D eigenvalue weighted by molar-refractivity contribution is 0.560. The monoisotopic (exact) mass is 239 g/mol. The maximum Gasteiger partial charge on any atom is 0.128 e. The van der Waals surface area contributed by atoms with Gasteiger partial charge >= 0.3 is 0 Å². The Labute approximate surface area is 105 Å². The number of benzene rings is 1. The third kappa shape index (κ3) is 1.68. The molecule has 3 rings (SSSR count). The van der Waals surface area contributed by atoms with Crippen molar-refractivity contribution in [3.63, 3.8) is 0 Å². The van der Waals surface area contributed by atoms with E-state index in [2.05, 4.69) is 20.5 Å². The number of fused-ring (bicyclic) bond motifs is 1. The minimum atomic E-state index is 0.592. The van der Waals surface area contributed by atoms with E-state index < -0.39 is 0 Å².